The van der Waals surface area contributed by atoms with Gasteiger partial charge in [0.15, 0.2) is 0 Å². The van der Waals surface area contributed by atoms with E-state index in [2.05, 4.69) is 37.4 Å². The van der Waals surface area contributed by atoms with Crippen LogP contribution in [-0.4, -0.2) is 23.3 Å². The zero-order chi connectivity index (χ0) is 17.8. The quantitative estimate of drug-likeness (QED) is 0.910. The highest BCUT2D eigenvalue weighted by atomic mass is 16.2. The molecule has 1 N–H and O–H groups in total. The fraction of sp³-hybridized carbons (Fsp3) is 0.333. The van der Waals surface area contributed by atoms with E-state index < -0.39 is 0 Å². The number of hydrogen-bond acceptors (Lipinski definition) is 2. The summed E-state index contributed by atoms with van der Waals surface area (Å²) in [4.78, 5) is 25.9. The Hall–Kier alpha value is -2.62. The average Bonchev–Trinajstić information content (AvgIpc) is 2.99. The van der Waals surface area contributed by atoms with Crippen molar-refractivity contribution in [2.45, 2.75) is 39.8 Å². The first-order valence-electron chi connectivity index (χ1n) is 8.74. The summed E-state index contributed by atoms with van der Waals surface area (Å²) >= 11 is 0. The minimum atomic E-state index is -0.0798. The predicted molar refractivity (Wildman–Crippen MR) is 98.2 cm³/mol. The molecular formula is C21H24N2O2. The minimum absolute atomic E-state index is 0.0798. The van der Waals surface area contributed by atoms with Gasteiger partial charge in [0.05, 0.1) is 0 Å². The van der Waals surface area contributed by atoms with Gasteiger partial charge < -0.3 is 10.2 Å². The van der Waals surface area contributed by atoms with Crippen molar-refractivity contribution in [1.29, 1.82) is 0 Å². The number of rotatable bonds is 5. The molecule has 1 fully saturated rings. The monoisotopic (exact) mass is 336 g/mol. The van der Waals surface area contributed by atoms with Gasteiger partial charge in [-0.1, -0.05) is 35.9 Å². The molecule has 1 aliphatic heterocycles. The zero-order valence-corrected chi connectivity index (χ0v) is 14.8. The standard InChI is InChI=1S/C21H24N2O2/c1-15-5-8-19(16(2)12-15)13-22-21(25)18-9-6-17(7-10-18)14-23-11-3-4-20(23)24/h5-10,12H,3-4,11,13-14H2,1-2H3,(H,22,25). The van der Waals surface area contributed by atoms with Crippen LogP contribution < -0.4 is 5.32 Å². The van der Waals surface area contributed by atoms with E-state index in [0.717, 1.165) is 24.1 Å². The van der Waals surface area contributed by atoms with E-state index in [1.54, 1.807) is 0 Å². The molecule has 0 bridgehead atoms. The van der Waals surface area contributed by atoms with E-state index in [1.807, 2.05) is 29.2 Å². The Labute approximate surface area is 148 Å². The first-order valence-corrected chi connectivity index (χ1v) is 8.74. The first kappa shape index (κ1) is 17.2. The molecule has 2 amide bonds. The van der Waals surface area contributed by atoms with Crippen LogP contribution in [0.1, 0.15) is 45.5 Å². The fourth-order valence-corrected chi connectivity index (χ4v) is 3.17. The molecule has 0 spiro atoms. The maximum Gasteiger partial charge on any atom is 0.251 e. The van der Waals surface area contributed by atoms with E-state index in [0.29, 0.717) is 25.1 Å². The number of likely N-dealkylation sites (tertiary alicyclic amines) is 1. The molecule has 1 aliphatic rings. The van der Waals surface area contributed by atoms with Crippen molar-refractivity contribution < 1.29 is 9.59 Å². The summed E-state index contributed by atoms with van der Waals surface area (Å²) in [7, 11) is 0. The molecule has 0 radical (unpaired) electrons. The van der Waals surface area contributed by atoms with Gasteiger partial charge in [-0.2, -0.15) is 0 Å². The maximum atomic E-state index is 12.3. The smallest absolute Gasteiger partial charge is 0.251 e. The predicted octanol–water partition coefficient (Wildman–Crippen LogP) is 3.36. The summed E-state index contributed by atoms with van der Waals surface area (Å²) in [6.45, 7) is 6.10. The van der Waals surface area contributed by atoms with Gasteiger partial charge in [0, 0.05) is 31.6 Å². The second-order valence-electron chi connectivity index (χ2n) is 6.73. The van der Waals surface area contributed by atoms with Gasteiger partial charge in [-0.25, -0.2) is 0 Å². The Morgan fingerprint density at radius 3 is 2.52 bits per heavy atom. The number of aryl methyl sites for hydroxylation is 2. The molecule has 0 aliphatic carbocycles. The van der Waals surface area contributed by atoms with E-state index in [1.165, 1.54) is 11.1 Å². The summed E-state index contributed by atoms with van der Waals surface area (Å²) in [5.41, 5.74) is 5.23. The van der Waals surface area contributed by atoms with E-state index in [-0.39, 0.29) is 11.8 Å². The summed E-state index contributed by atoms with van der Waals surface area (Å²) < 4.78 is 0. The number of nitrogens with one attached hydrogen (secondary N) is 1. The van der Waals surface area contributed by atoms with E-state index in [4.69, 9.17) is 0 Å². The van der Waals surface area contributed by atoms with Gasteiger partial charge in [-0.05, 0) is 49.1 Å². The summed E-state index contributed by atoms with van der Waals surface area (Å²) in [6.07, 6.45) is 1.59. The van der Waals surface area contributed by atoms with E-state index in [9.17, 15) is 9.59 Å². The number of carbonyl (C=O) groups is 2. The van der Waals surface area contributed by atoms with Gasteiger partial charge in [0.25, 0.3) is 5.91 Å². The Morgan fingerprint density at radius 2 is 1.88 bits per heavy atom. The highest BCUT2D eigenvalue weighted by molar-refractivity contribution is 5.94. The Morgan fingerprint density at radius 1 is 1.12 bits per heavy atom. The molecule has 130 valence electrons. The van der Waals surface area contributed by atoms with Gasteiger partial charge in [0.2, 0.25) is 5.91 Å². The SMILES string of the molecule is Cc1ccc(CNC(=O)c2ccc(CN3CCCC3=O)cc2)c(C)c1. The lowest BCUT2D eigenvalue weighted by molar-refractivity contribution is -0.128. The van der Waals surface area contributed by atoms with Crippen molar-refractivity contribution in [2.24, 2.45) is 0 Å². The highest BCUT2D eigenvalue weighted by Gasteiger charge is 2.19. The molecule has 4 heteroatoms. The second-order valence-corrected chi connectivity index (χ2v) is 6.73. The average molecular weight is 336 g/mol. The van der Waals surface area contributed by atoms with Crippen molar-refractivity contribution >= 4 is 11.8 Å². The molecule has 4 nitrogen and oxygen atoms in total. The highest BCUT2D eigenvalue weighted by Crippen LogP contribution is 2.15. The van der Waals surface area contributed by atoms with E-state index >= 15 is 0 Å². The number of hydrogen-bond donors (Lipinski definition) is 1. The molecule has 0 atom stereocenters. The number of carbonyl (C=O) groups excluding carboxylic acids is 2. The van der Waals surface area contributed by atoms with Crippen LogP contribution >= 0.6 is 0 Å². The largest absolute Gasteiger partial charge is 0.348 e. The molecule has 25 heavy (non-hydrogen) atoms. The van der Waals surface area contributed by atoms with Crippen LogP contribution in [-0.2, 0) is 17.9 Å². The first-order chi connectivity index (χ1) is 12.0. The lowest BCUT2D eigenvalue weighted by Gasteiger charge is -2.15. The number of nitrogens with zero attached hydrogens (tertiary/aromatic N) is 1. The van der Waals surface area contributed by atoms with Crippen molar-refractivity contribution in [3.63, 3.8) is 0 Å². The second kappa shape index (κ2) is 7.51. The van der Waals surface area contributed by atoms with Crippen LogP contribution in [0.3, 0.4) is 0 Å². The Balaban J connectivity index is 1.58. The van der Waals surface area contributed by atoms with Crippen LogP contribution in [0.25, 0.3) is 0 Å². The third-order valence-electron chi connectivity index (χ3n) is 4.70. The molecule has 1 saturated heterocycles. The van der Waals surface area contributed by atoms with Gasteiger partial charge in [-0.15, -0.1) is 0 Å². The van der Waals surface area contributed by atoms with Crippen LogP contribution in [0.4, 0.5) is 0 Å². The molecule has 0 aromatic heterocycles. The van der Waals surface area contributed by atoms with Gasteiger partial charge in [-0.3, -0.25) is 9.59 Å². The van der Waals surface area contributed by atoms with Crippen LogP contribution in [0.5, 0.6) is 0 Å². The molecule has 0 saturated carbocycles. The molecule has 2 aromatic rings. The van der Waals surface area contributed by atoms with Crippen molar-refractivity contribution in [3.8, 4) is 0 Å². The third kappa shape index (κ3) is 4.27. The Bertz CT molecular complexity index is 781. The molecular weight excluding hydrogens is 312 g/mol. The number of benzene rings is 2. The lowest BCUT2D eigenvalue weighted by atomic mass is 10.1. The third-order valence-corrected chi connectivity index (χ3v) is 4.70. The van der Waals surface area contributed by atoms with Crippen molar-refractivity contribution in [1.82, 2.24) is 10.2 Å². The van der Waals surface area contributed by atoms with Gasteiger partial charge in [0.1, 0.15) is 0 Å². The lowest BCUT2D eigenvalue weighted by Crippen LogP contribution is -2.24. The van der Waals surface area contributed by atoms with Crippen LogP contribution in [0, 0.1) is 13.8 Å². The minimum Gasteiger partial charge on any atom is -0.348 e. The Kier molecular flexibility index (Phi) is 5.17. The zero-order valence-electron chi connectivity index (χ0n) is 14.8. The van der Waals surface area contributed by atoms with Crippen LogP contribution in [0.15, 0.2) is 42.5 Å². The molecule has 0 unspecified atom stereocenters. The fourth-order valence-electron chi connectivity index (χ4n) is 3.17. The van der Waals surface area contributed by atoms with Crippen molar-refractivity contribution in [2.75, 3.05) is 6.54 Å². The van der Waals surface area contributed by atoms with Crippen LogP contribution in [0.2, 0.25) is 0 Å². The number of amides is 2. The summed E-state index contributed by atoms with van der Waals surface area (Å²) in [5.74, 6) is 0.138. The van der Waals surface area contributed by atoms with Crippen molar-refractivity contribution in [3.05, 3.63) is 70.3 Å². The molecule has 1 heterocycles. The maximum absolute atomic E-state index is 12.3. The normalized spacial score (nSPS) is 14.0. The summed E-state index contributed by atoms with van der Waals surface area (Å²) in [5, 5.41) is 2.97. The summed E-state index contributed by atoms with van der Waals surface area (Å²) in [6, 6.07) is 13.7. The van der Waals surface area contributed by atoms with Gasteiger partial charge >= 0.3 is 0 Å². The molecule has 3 rings (SSSR count). The molecule has 2 aromatic carbocycles. The topological polar surface area (TPSA) is 49.4 Å².